The summed E-state index contributed by atoms with van der Waals surface area (Å²) >= 11 is 0. The third-order valence-electron chi connectivity index (χ3n) is 3.95. The van der Waals surface area contributed by atoms with Crippen LogP contribution in [0.1, 0.15) is 38.4 Å². The van der Waals surface area contributed by atoms with Gasteiger partial charge in [-0.3, -0.25) is 4.98 Å². The van der Waals surface area contributed by atoms with Gasteiger partial charge in [0.25, 0.3) is 0 Å². The average Bonchev–Trinajstić information content (AvgIpc) is 2.56. The van der Waals surface area contributed by atoms with Crippen molar-refractivity contribution in [2.24, 2.45) is 0 Å². The minimum Gasteiger partial charge on any atom is -0.394 e. The molecule has 2 rings (SSSR count). The second-order valence-electron chi connectivity index (χ2n) is 5.46. The minimum absolute atomic E-state index is 0.0339. The number of nitrogens with one attached hydrogen (secondary N) is 1. The Balaban J connectivity index is 2.06. The first kappa shape index (κ1) is 16.2. The number of anilines is 1. The number of hydrogen-bond donors (Lipinski definition) is 2. The number of hydrogen-bond acceptors (Lipinski definition) is 5. The number of aromatic nitrogens is 1. The number of nitrogens with zero attached hydrogens (tertiary/aromatic N) is 2. The molecule has 5 nitrogen and oxygen atoms in total. The van der Waals surface area contributed by atoms with E-state index in [2.05, 4.69) is 41.2 Å². The van der Waals surface area contributed by atoms with Gasteiger partial charge in [-0.05, 0) is 31.5 Å². The maximum atomic E-state index is 9.45. The fourth-order valence-corrected chi connectivity index (χ4v) is 2.70. The lowest BCUT2D eigenvalue weighted by Gasteiger charge is -2.36. The number of aliphatic hydroxyl groups excluding tert-OH is 1. The number of rotatable bonds is 7. The van der Waals surface area contributed by atoms with Crippen LogP contribution in [-0.4, -0.2) is 49.0 Å². The quantitative estimate of drug-likeness (QED) is 0.802. The molecule has 5 heteroatoms. The summed E-state index contributed by atoms with van der Waals surface area (Å²) in [5, 5.41) is 13.0. The molecule has 0 bridgehead atoms. The lowest BCUT2D eigenvalue weighted by Crippen LogP contribution is -2.47. The van der Waals surface area contributed by atoms with Crippen LogP contribution in [0.25, 0.3) is 0 Å². The number of ether oxygens (including phenoxy) is 1. The van der Waals surface area contributed by atoms with E-state index in [0.717, 1.165) is 37.3 Å². The lowest BCUT2D eigenvalue weighted by molar-refractivity contribution is 0.0727. The lowest BCUT2D eigenvalue weighted by atomic mass is 10.1. The summed E-state index contributed by atoms with van der Waals surface area (Å²) in [4.78, 5) is 6.80. The molecule has 1 aromatic heterocycles. The fourth-order valence-electron chi connectivity index (χ4n) is 2.70. The van der Waals surface area contributed by atoms with Gasteiger partial charge in [0.15, 0.2) is 0 Å². The summed E-state index contributed by atoms with van der Waals surface area (Å²) in [6.45, 7) is 7.55. The van der Waals surface area contributed by atoms with E-state index in [-0.39, 0.29) is 12.6 Å². The van der Waals surface area contributed by atoms with Gasteiger partial charge in [0.1, 0.15) is 0 Å². The van der Waals surface area contributed by atoms with Crippen LogP contribution in [0.5, 0.6) is 0 Å². The normalized spacial score (nSPS) is 20.5. The first-order valence-corrected chi connectivity index (χ1v) is 7.94. The molecule has 0 saturated carbocycles. The van der Waals surface area contributed by atoms with Gasteiger partial charge >= 0.3 is 0 Å². The van der Waals surface area contributed by atoms with Gasteiger partial charge in [-0.1, -0.05) is 13.8 Å². The summed E-state index contributed by atoms with van der Waals surface area (Å²) in [5.74, 6) is 0. The van der Waals surface area contributed by atoms with Crippen molar-refractivity contribution in [3.8, 4) is 0 Å². The zero-order chi connectivity index (χ0) is 15.1. The summed E-state index contributed by atoms with van der Waals surface area (Å²) < 4.78 is 5.42. The van der Waals surface area contributed by atoms with Crippen LogP contribution < -0.4 is 10.2 Å². The van der Waals surface area contributed by atoms with Crippen molar-refractivity contribution in [2.75, 3.05) is 37.8 Å². The second kappa shape index (κ2) is 8.32. The standard InChI is InChI=1S/C16H27N3O2/c1-3-7-17-15(4-2)16-6-5-13(10-18-16)19-8-9-21-12-14(19)11-20/h5-6,10,14-15,17,20H,3-4,7-9,11-12H2,1-2H3. The van der Waals surface area contributed by atoms with Crippen LogP contribution in [0.15, 0.2) is 18.3 Å². The van der Waals surface area contributed by atoms with Gasteiger partial charge in [0, 0.05) is 12.6 Å². The second-order valence-corrected chi connectivity index (χ2v) is 5.46. The molecule has 2 unspecified atom stereocenters. The average molecular weight is 293 g/mol. The van der Waals surface area contributed by atoms with E-state index in [1.165, 1.54) is 0 Å². The summed E-state index contributed by atoms with van der Waals surface area (Å²) in [7, 11) is 0. The van der Waals surface area contributed by atoms with Crippen molar-refractivity contribution >= 4 is 5.69 Å². The third kappa shape index (κ3) is 4.15. The molecule has 1 fully saturated rings. The maximum Gasteiger partial charge on any atom is 0.0756 e. The van der Waals surface area contributed by atoms with Gasteiger partial charge in [0.2, 0.25) is 0 Å². The monoisotopic (exact) mass is 293 g/mol. The van der Waals surface area contributed by atoms with Gasteiger partial charge in [-0.25, -0.2) is 0 Å². The highest BCUT2D eigenvalue weighted by atomic mass is 16.5. The van der Waals surface area contributed by atoms with E-state index in [0.29, 0.717) is 19.3 Å². The van der Waals surface area contributed by atoms with Crippen LogP contribution in [0.3, 0.4) is 0 Å². The SMILES string of the molecule is CCCNC(CC)c1ccc(N2CCOCC2CO)cn1. The Bertz CT molecular complexity index is 410. The minimum atomic E-state index is 0.0339. The number of aliphatic hydroxyl groups is 1. The third-order valence-corrected chi connectivity index (χ3v) is 3.95. The Hall–Kier alpha value is -1.17. The van der Waals surface area contributed by atoms with E-state index in [1.54, 1.807) is 0 Å². The van der Waals surface area contributed by atoms with Gasteiger partial charge < -0.3 is 20.1 Å². The first-order chi connectivity index (χ1) is 10.3. The molecule has 0 aromatic carbocycles. The smallest absolute Gasteiger partial charge is 0.0756 e. The maximum absolute atomic E-state index is 9.45. The van der Waals surface area contributed by atoms with Crippen LogP contribution in [0.2, 0.25) is 0 Å². The van der Waals surface area contributed by atoms with Gasteiger partial charge in [-0.2, -0.15) is 0 Å². The van der Waals surface area contributed by atoms with Crippen molar-refractivity contribution in [2.45, 2.75) is 38.8 Å². The van der Waals surface area contributed by atoms with Crippen molar-refractivity contribution in [3.05, 3.63) is 24.0 Å². The molecule has 1 aliphatic rings. The molecular formula is C16H27N3O2. The fraction of sp³-hybridized carbons (Fsp3) is 0.688. The van der Waals surface area contributed by atoms with E-state index in [1.807, 2.05) is 6.20 Å². The van der Waals surface area contributed by atoms with Gasteiger partial charge in [0.05, 0.1) is 43.4 Å². The zero-order valence-corrected chi connectivity index (χ0v) is 13.1. The highest BCUT2D eigenvalue weighted by molar-refractivity contribution is 5.46. The highest BCUT2D eigenvalue weighted by Crippen LogP contribution is 2.21. The molecule has 1 saturated heterocycles. The van der Waals surface area contributed by atoms with E-state index >= 15 is 0 Å². The summed E-state index contributed by atoms with van der Waals surface area (Å²) in [6.07, 6.45) is 4.07. The Labute approximate surface area is 127 Å². The van der Waals surface area contributed by atoms with Crippen LogP contribution in [0, 0.1) is 0 Å². The predicted octanol–water partition coefficient (Wildman–Crippen LogP) is 1.73. The molecule has 2 atom stereocenters. The van der Waals surface area contributed by atoms with E-state index < -0.39 is 0 Å². The molecule has 1 aliphatic heterocycles. The van der Waals surface area contributed by atoms with Crippen molar-refractivity contribution < 1.29 is 9.84 Å². The highest BCUT2D eigenvalue weighted by Gasteiger charge is 2.23. The first-order valence-electron chi connectivity index (χ1n) is 7.94. The van der Waals surface area contributed by atoms with Crippen LogP contribution >= 0.6 is 0 Å². The van der Waals surface area contributed by atoms with Gasteiger partial charge in [-0.15, -0.1) is 0 Å². The largest absolute Gasteiger partial charge is 0.394 e. The molecule has 0 amide bonds. The Morgan fingerprint density at radius 2 is 2.33 bits per heavy atom. The number of pyridine rings is 1. The van der Waals surface area contributed by atoms with Crippen molar-refractivity contribution in [1.82, 2.24) is 10.3 Å². The molecule has 0 radical (unpaired) electrons. The van der Waals surface area contributed by atoms with E-state index in [9.17, 15) is 5.11 Å². The van der Waals surface area contributed by atoms with E-state index in [4.69, 9.17) is 4.74 Å². The summed E-state index contributed by atoms with van der Waals surface area (Å²) in [6, 6.07) is 4.55. The van der Waals surface area contributed by atoms with Crippen molar-refractivity contribution in [3.63, 3.8) is 0 Å². The Kier molecular flexibility index (Phi) is 6.42. The Morgan fingerprint density at radius 1 is 1.48 bits per heavy atom. The van der Waals surface area contributed by atoms with Crippen molar-refractivity contribution in [1.29, 1.82) is 0 Å². The molecule has 118 valence electrons. The zero-order valence-electron chi connectivity index (χ0n) is 13.1. The van der Waals surface area contributed by atoms with Crippen LogP contribution in [-0.2, 0) is 4.74 Å². The molecule has 0 spiro atoms. The molecular weight excluding hydrogens is 266 g/mol. The molecule has 0 aliphatic carbocycles. The molecule has 21 heavy (non-hydrogen) atoms. The van der Waals surface area contributed by atoms with Crippen LogP contribution in [0.4, 0.5) is 5.69 Å². The molecule has 2 N–H and O–H groups in total. The predicted molar refractivity (Wildman–Crippen MR) is 84.6 cm³/mol. The molecule has 1 aromatic rings. The topological polar surface area (TPSA) is 57.6 Å². The summed E-state index contributed by atoms with van der Waals surface area (Å²) in [5.41, 5.74) is 2.15. The number of morpholine rings is 1. The Morgan fingerprint density at radius 3 is 2.95 bits per heavy atom. The molecule has 2 heterocycles.